The van der Waals surface area contributed by atoms with Crippen LogP contribution in [0.3, 0.4) is 0 Å². The van der Waals surface area contributed by atoms with Gasteiger partial charge >= 0.3 is 5.97 Å². The predicted molar refractivity (Wildman–Crippen MR) is 71.6 cm³/mol. The van der Waals surface area contributed by atoms with Gasteiger partial charge in [0, 0.05) is 25.3 Å². The Morgan fingerprint density at radius 1 is 1.33 bits per heavy atom. The van der Waals surface area contributed by atoms with E-state index in [1.54, 1.807) is 24.3 Å². The van der Waals surface area contributed by atoms with Gasteiger partial charge in [-0.25, -0.2) is 4.79 Å². The van der Waals surface area contributed by atoms with E-state index >= 15 is 0 Å². The van der Waals surface area contributed by atoms with Crippen LogP contribution >= 0.6 is 12.4 Å². The normalized spacial score (nSPS) is 16.3. The van der Waals surface area contributed by atoms with E-state index in [9.17, 15) is 9.90 Å². The van der Waals surface area contributed by atoms with Crippen LogP contribution in [0.25, 0.3) is 0 Å². The number of aromatic carboxylic acids is 1. The molecule has 1 saturated heterocycles. The fourth-order valence-electron chi connectivity index (χ4n) is 1.76. The van der Waals surface area contributed by atoms with Gasteiger partial charge in [0.25, 0.3) is 0 Å². The maximum atomic E-state index is 10.6. The first kappa shape index (κ1) is 14.8. The molecule has 5 nitrogen and oxygen atoms in total. The van der Waals surface area contributed by atoms with Gasteiger partial charge in [0.05, 0.1) is 11.2 Å². The van der Waals surface area contributed by atoms with Gasteiger partial charge in [-0.1, -0.05) is 0 Å². The van der Waals surface area contributed by atoms with Gasteiger partial charge in [-0.15, -0.1) is 12.4 Å². The van der Waals surface area contributed by atoms with Crippen molar-refractivity contribution in [1.82, 2.24) is 5.32 Å². The Balaban J connectivity index is 0.00000162. The van der Waals surface area contributed by atoms with Crippen molar-refractivity contribution in [3.8, 4) is 0 Å². The fraction of sp³-hybridized carbons (Fsp3) is 0.417. The molecule has 4 N–H and O–H groups in total. The van der Waals surface area contributed by atoms with Crippen LogP contribution in [0.5, 0.6) is 0 Å². The molecule has 0 saturated carbocycles. The maximum absolute atomic E-state index is 10.6. The number of halogens is 1. The van der Waals surface area contributed by atoms with Crippen LogP contribution < -0.4 is 10.6 Å². The zero-order valence-electron chi connectivity index (χ0n) is 9.85. The Morgan fingerprint density at radius 3 is 2.39 bits per heavy atom. The van der Waals surface area contributed by atoms with Crippen molar-refractivity contribution in [2.45, 2.75) is 12.0 Å². The molecule has 1 aliphatic heterocycles. The lowest BCUT2D eigenvalue weighted by Gasteiger charge is -2.37. The van der Waals surface area contributed by atoms with E-state index in [1.165, 1.54) is 0 Å². The molecule has 18 heavy (non-hydrogen) atoms. The van der Waals surface area contributed by atoms with Crippen LogP contribution in [-0.2, 0) is 0 Å². The lowest BCUT2D eigenvalue weighted by atomic mass is 9.93. The lowest BCUT2D eigenvalue weighted by molar-refractivity contribution is -0.0139. The molecule has 1 heterocycles. The Bertz CT molecular complexity index is 404. The monoisotopic (exact) mass is 272 g/mol. The van der Waals surface area contributed by atoms with E-state index in [-0.39, 0.29) is 18.0 Å². The number of aliphatic hydroxyl groups is 1. The number of hydrogen-bond donors (Lipinski definition) is 4. The van der Waals surface area contributed by atoms with Gasteiger partial charge in [-0.05, 0) is 30.7 Å². The molecule has 0 unspecified atom stereocenters. The summed E-state index contributed by atoms with van der Waals surface area (Å²) >= 11 is 0. The molecule has 0 spiro atoms. The molecule has 0 bridgehead atoms. The van der Waals surface area contributed by atoms with Crippen LogP contribution in [0.2, 0.25) is 0 Å². The van der Waals surface area contributed by atoms with Crippen molar-refractivity contribution < 1.29 is 15.0 Å². The molecule has 0 aromatic heterocycles. The third-order valence-corrected chi connectivity index (χ3v) is 2.96. The molecule has 0 atom stereocenters. The second kappa shape index (κ2) is 6.04. The number of carboxylic acids is 1. The zero-order valence-corrected chi connectivity index (χ0v) is 10.7. The topological polar surface area (TPSA) is 81.6 Å². The fourth-order valence-corrected chi connectivity index (χ4v) is 1.76. The SMILES string of the molecule is Cl.O=C(O)c1ccc(NCCC2(O)CNC2)cc1. The van der Waals surface area contributed by atoms with E-state index < -0.39 is 11.6 Å². The Kier molecular flexibility index (Phi) is 4.95. The number of hydrogen-bond acceptors (Lipinski definition) is 4. The molecule has 0 amide bonds. The summed E-state index contributed by atoms with van der Waals surface area (Å²) < 4.78 is 0. The van der Waals surface area contributed by atoms with Crippen LogP contribution in [0, 0.1) is 0 Å². The number of anilines is 1. The molecule has 6 heteroatoms. The number of rotatable bonds is 5. The van der Waals surface area contributed by atoms with Crippen molar-refractivity contribution in [2.24, 2.45) is 0 Å². The third kappa shape index (κ3) is 3.60. The van der Waals surface area contributed by atoms with Crippen molar-refractivity contribution >= 4 is 24.1 Å². The highest BCUT2D eigenvalue weighted by Crippen LogP contribution is 2.16. The van der Waals surface area contributed by atoms with E-state index in [0.29, 0.717) is 26.1 Å². The first-order chi connectivity index (χ1) is 8.09. The summed E-state index contributed by atoms with van der Waals surface area (Å²) in [6.45, 7) is 1.96. The van der Waals surface area contributed by atoms with E-state index in [1.807, 2.05) is 0 Å². The van der Waals surface area contributed by atoms with E-state index in [4.69, 9.17) is 5.11 Å². The number of nitrogens with one attached hydrogen (secondary N) is 2. The summed E-state index contributed by atoms with van der Waals surface area (Å²) in [6.07, 6.45) is 0.681. The highest BCUT2D eigenvalue weighted by Gasteiger charge is 2.33. The summed E-state index contributed by atoms with van der Waals surface area (Å²) in [5.41, 5.74) is 0.567. The average molecular weight is 273 g/mol. The predicted octanol–water partition coefficient (Wildman–Crippen LogP) is 0.943. The van der Waals surface area contributed by atoms with E-state index in [0.717, 1.165) is 5.69 Å². The first-order valence-electron chi connectivity index (χ1n) is 5.59. The van der Waals surface area contributed by atoms with Crippen LogP contribution in [0.4, 0.5) is 5.69 Å². The van der Waals surface area contributed by atoms with Crippen LogP contribution in [0.15, 0.2) is 24.3 Å². The van der Waals surface area contributed by atoms with Crippen molar-refractivity contribution in [2.75, 3.05) is 25.0 Å². The molecule has 0 aliphatic carbocycles. The quantitative estimate of drug-likeness (QED) is 0.641. The van der Waals surface area contributed by atoms with Crippen LogP contribution in [-0.4, -0.2) is 41.4 Å². The average Bonchev–Trinajstić information content (AvgIpc) is 2.27. The van der Waals surface area contributed by atoms with Gasteiger partial charge < -0.3 is 20.8 Å². The number of carboxylic acid groups (broad SMARTS) is 1. The molecule has 1 aromatic carbocycles. The lowest BCUT2D eigenvalue weighted by Crippen LogP contribution is -2.60. The minimum atomic E-state index is -0.925. The van der Waals surface area contributed by atoms with Crippen LogP contribution in [0.1, 0.15) is 16.8 Å². The second-order valence-electron chi connectivity index (χ2n) is 4.39. The summed E-state index contributed by atoms with van der Waals surface area (Å²) in [7, 11) is 0. The Morgan fingerprint density at radius 2 is 1.94 bits per heavy atom. The highest BCUT2D eigenvalue weighted by molar-refractivity contribution is 5.88. The van der Waals surface area contributed by atoms with Gasteiger partial charge in [0.2, 0.25) is 0 Å². The molecular weight excluding hydrogens is 256 g/mol. The third-order valence-electron chi connectivity index (χ3n) is 2.96. The summed E-state index contributed by atoms with van der Waals surface area (Å²) in [5.74, 6) is -0.925. The highest BCUT2D eigenvalue weighted by atomic mass is 35.5. The largest absolute Gasteiger partial charge is 0.478 e. The smallest absolute Gasteiger partial charge is 0.335 e. The maximum Gasteiger partial charge on any atom is 0.335 e. The number of benzene rings is 1. The standard InChI is InChI=1S/C12H16N2O3.ClH/c15-11(16)9-1-3-10(4-2-9)14-6-5-12(17)7-13-8-12;/h1-4,13-14,17H,5-8H2,(H,15,16);1H. The second-order valence-corrected chi connectivity index (χ2v) is 4.39. The Hall–Kier alpha value is -1.30. The van der Waals surface area contributed by atoms with Crippen molar-refractivity contribution in [3.05, 3.63) is 29.8 Å². The molecule has 0 radical (unpaired) electrons. The molecule has 2 rings (SSSR count). The van der Waals surface area contributed by atoms with E-state index in [2.05, 4.69) is 10.6 Å². The first-order valence-corrected chi connectivity index (χ1v) is 5.59. The summed E-state index contributed by atoms with van der Waals surface area (Å²) in [5, 5.41) is 24.7. The number of β-amino-alcohol motifs (C(OH)–C–C–N with tert-alkyl or cyclic N) is 1. The minimum absolute atomic E-state index is 0. The molecular formula is C12H17ClN2O3. The molecule has 1 aliphatic rings. The zero-order chi connectivity index (χ0) is 12.3. The minimum Gasteiger partial charge on any atom is -0.478 e. The van der Waals surface area contributed by atoms with Gasteiger partial charge in [-0.2, -0.15) is 0 Å². The molecule has 100 valence electrons. The van der Waals surface area contributed by atoms with Gasteiger partial charge in [-0.3, -0.25) is 0 Å². The van der Waals surface area contributed by atoms with Crippen molar-refractivity contribution in [3.63, 3.8) is 0 Å². The summed E-state index contributed by atoms with van der Waals surface area (Å²) in [4.78, 5) is 10.6. The summed E-state index contributed by atoms with van der Waals surface area (Å²) in [6, 6.07) is 6.58. The molecule has 1 aromatic rings. The Labute approximate surface area is 112 Å². The van der Waals surface area contributed by atoms with Crippen molar-refractivity contribution in [1.29, 1.82) is 0 Å². The van der Waals surface area contributed by atoms with Gasteiger partial charge in [0.1, 0.15) is 0 Å². The number of carbonyl (C=O) groups is 1. The van der Waals surface area contributed by atoms with Gasteiger partial charge in [0.15, 0.2) is 0 Å². The molecule has 1 fully saturated rings.